The molecule has 8 N–H and O–H groups in total. The number of carbonyl (C=O) groups excluding carboxylic acids is 2. The lowest BCUT2D eigenvalue weighted by Crippen LogP contribution is -2.45. The van der Waals surface area contributed by atoms with E-state index in [1.54, 1.807) is 54.4 Å². The third kappa shape index (κ3) is 28.1. The fourth-order valence-corrected chi connectivity index (χ4v) is 15.4. The van der Waals surface area contributed by atoms with Crippen molar-refractivity contribution in [3.63, 3.8) is 0 Å². The van der Waals surface area contributed by atoms with E-state index in [0.29, 0.717) is 64.2 Å². The molecule has 2 fully saturated rings. The molecular weight excluding hydrogens is 1260 g/mol. The van der Waals surface area contributed by atoms with Gasteiger partial charge >= 0.3 is 11.9 Å². The van der Waals surface area contributed by atoms with Crippen LogP contribution in [0.5, 0.6) is 0 Å². The lowest BCUT2D eigenvalue weighted by atomic mass is 9.79. The van der Waals surface area contributed by atoms with Gasteiger partial charge in [0.15, 0.2) is 0 Å². The molecule has 5 heterocycles. The minimum atomic E-state index is -1.14. The minimum Gasteiger partial charge on any atom is -0.459 e. The molecule has 0 amide bonds. The van der Waals surface area contributed by atoms with Crippen LogP contribution >= 0.6 is 0 Å². The van der Waals surface area contributed by atoms with Crippen molar-refractivity contribution in [2.75, 3.05) is 28.4 Å². The maximum Gasteiger partial charge on any atom is 0.331 e. The van der Waals surface area contributed by atoms with Crippen LogP contribution in [0.25, 0.3) is 0 Å². The molecule has 20 heteroatoms. The van der Waals surface area contributed by atoms with Crippen LogP contribution in [0, 0.1) is 47.3 Å². The molecule has 5 rings (SSSR count). The highest BCUT2D eigenvalue weighted by atomic mass is 16.6. The van der Waals surface area contributed by atoms with Crippen LogP contribution in [-0.4, -0.2) is 216 Å². The molecule has 30 atom stereocenters. The highest BCUT2D eigenvalue weighted by Gasteiger charge is 2.42. The lowest BCUT2D eigenvalue weighted by molar-refractivity contribution is -0.156. The van der Waals surface area contributed by atoms with Gasteiger partial charge in [0.05, 0.1) is 122 Å². The number of aliphatic hydroxyl groups is 8. The second-order valence-corrected chi connectivity index (χ2v) is 30.3. The highest BCUT2D eigenvalue weighted by Crippen LogP contribution is 2.37. The minimum absolute atomic E-state index is 0.0275. The number of rotatable bonds is 12. The number of allylic oxidation sites excluding steroid dienone is 4. The van der Waals surface area contributed by atoms with E-state index in [1.807, 2.05) is 106 Å². The van der Waals surface area contributed by atoms with Gasteiger partial charge in [-0.3, -0.25) is 0 Å². The zero-order chi connectivity index (χ0) is 72.5. The number of hydrogen-bond donors (Lipinski definition) is 8. The molecule has 0 unspecified atom stereocenters. The summed E-state index contributed by atoms with van der Waals surface area (Å²) < 4.78 is 61.5. The summed E-state index contributed by atoms with van der Waals surface area (Å²) in [6.45, 7) is 22.6. The van der Waals surface area contributed by atoms with Gasteiger partial charge in [-0.05, 0) is 129 Å². The Morgan fingerprint density at radius 3 is 1.13 bits per heavy atom. The zero-order valence-corrected chi connectivity index (χ0v) is 62.3. The van der Waals surface area contributed by atoms with Crippen molar-refractivity contribution in [1.82, 2.24) is 0 Å². The van der Waals surface area contributed by atoms with Crippen molar-refractivity contribution < 1.29 is 97.8 Å². The summed E-state index contributed by atoms with van der Waals surface area (Å²) in [5.41, 5.74) is 1.44. The third-order valence-corrected chi connectivity index (χ3v) is 22.3. The van der Waals surface area contributed by atoms with Crippen molar-refractivity contribution in [3.8, 4) is 0 Å². The summed E-state index contributed by atoms with van der Waals surface area (Å²) in [5.74, 6) is -5.33. The molecule has 5 aliphatic heterocycles. The topological polar surface area (TPSA) is 288 Å². The van der Waals surface area contributed by atoms with Crippen molar-refractivity contribution in [2.45, 2.75) is 333 Å². The average molecular weight is 1390 g/mol. The number of fused-ring (bicyclic) bond motifs is 4. The van der Waals surface area contributed by atoms with E-state index in [1.165, 1.54) is 12.2 Å². The number of carbonyl (C=O) groups is 2. The van der Waals surface area contributed by atoms with Gasteiger partial charge in [-0.15, -0.1) is 0 Å². The summed E-state index contributed by atoms with van der Waals surface area (Å²) in [5, 5.41) is 93.8. The fourth-order valence-electron chi connectivity index (χ4n) is 15.4. The van der Waals surface area contributed by atoms with Crippen molar-refractivity contribution >= 4 is 11.9 Å². The molecule has 0 aromatic heterocycles. The smallest absolute Gasteiger partial charge is 0.331 e. The number of aliphatic hydroxyl groups excluding tert-OH is 8. The van der Waals surface area contributed by atoms with Gasteiger partial charge in [0.2, 0.25) is 0 Å². The Morgan fingerprint density at radius 1 is 0.429 bits per heavy atom. The van der Waals surface area contributed by atoms with E-state index in [0.717, 1.165) is 36.8 Å². The predicted molar refractivity (Wildman–Crippen MR) is 377 cm³/mol. The Balaban J connectivity index is 1.36. The fraction of sp³-hybridized carbons (Fsp3) is 0.821. The van der Waals surface area contributed by atoms with Crippen molar-refractivity contribution in [3.05, 3.63) is 71.9 Å². The summed E-state index contributed by atoms with van der Waals surface area (Å²) in [6, 6.07) is 0. The molecule has 564 valence electrons. The first-order chi connectivity index (χ1) is 46.4. The average Bonchev–Trinajstić information content (AvgIpc) is 0.873. The van der Waals surface area contributed by atoms with E-state index in [2.05, 4.69) is 0 Å². The molecule has 5 aliphatic rings. The molecule has 0 spiro atoms. The molecule has 0 aromatic rings. The molecular formula is C78H132O20. The van der Waals surface area contributed by atoms with Crippen LogP contribution in [0.3, 0.4) is 0 Å². The number of ether oxygens (including phenoxy) is 10. The van der Waals surface area contributed by atoms with Crippen LogP contribution in [0.1, 0.15) is 199 Å². The maximum absolute atomic E-state index is 13.8. The van der Waals surface area contributed by atoms with Gasteiger partial charge in [-0.1, -0.05) is 115 Å². The van der Waals surface area contributed by atoms with E-state index >= 15 is 0 Å². The van der Waals surface area contributed by atoms with E-state index < -0.39 is 133 Å². The molecule has 0 aliphatic carbocycles. The zero-order valence-electron chi connectivity index (χ0n) is 62.3. The molecule has 0 radical (unpaired) electrons. The number of methoxy groups -OCH3 is 4. The van der Waals surface area contributed by atoms with E-state index in [-0.39, 0.29) is 86.4 Å². The molecule has 0 aromatic carbocycles. The monoisotopic (exact) mass is 1390 g/mol. The van der Waals surface area contributed by atoms with Crippen LogP contribution in [-0.2, 0) is 57.0 Å². The van der Waals surface area contributed by atoms with Crippen LogP contribution in [0.15, 0.2) is 71.9 Å². The standard InChI is InChI=1S/C78H132O20/c1-45-23-29-57(79)37-59-19-17-21-61(95-59)41-71(91-15)51(7)68(82)44-70(84)54(10)76(88)56(12)78(48(4)28-32-64-40-66(90-14)36-50(6)94-64)98-74(86)34-26-46(2)24-30-58(80)38-60-20-18-22-62(96-60)42-72(92-16)52(8)67(81)43-69(83)53(9)75(87)55(11)77(97-73(85)33-25-45)47(3)27-31-63-39-65(89-13)35-49(5)93-63/h17-20,23-26,33-34,47-72,75-84,87-88H,21-22,27-32,35-44H2,1-16H3/b33-25-,34-26+,45-23+,46-24+/t47-,48-,49-,50-,51-,52-,53-,54-,55+,56+,57-,58-,59-,60-,61-,62-,63-,64-,65+,66+,67-,68-,69+,70+,71-,72-,75-,76-,77-,78-/m0/s1. The summed E-state index contributed by atoms with van der Waals surface area (Å²) in [7, 11) is 6.59. The lowest BCUT2D eigenvalue weighted by Gasteiger charge is -2.38. The van der Waals surface area contributed by atoms with Crippen LogP contribution < -0.4 is 0 Å². The number of esters is 2. The first-order valence-corrected chi connectivity index (χ1v) is 37.1. The van der Waals surface area contributed by atoms with E-state index in [9.17, 15) is 50.4 Å². The van der Waals surface area contributed by atoms with Gasteiger partial charge in [0, 0.05) is 102 Å². The normalized spacial score (nSPS) is 43.3. The quantitative estimate of drug-likeness (QED) is 0.0666. The highest BCUT2D eigenvalue weighted by molar-refractivity contribution is 5.83. The van der Waals surface area contributed by atoms with Gasteiger partial charge in [-0.2, -0.15) is 0 Å². The molecule has 0 saturated carbocycles. The first-order valence-electron chi connectivity index (χ1n) is 37.1. The van der Waals surface area contributed by atoms with Crippen LogP contribution in [0.2, 0.25) is 0 Å². The van der Waals surface area contributed by atoms with Crippen molar-refractivity contribution in [2.24, 2.45) is 47.3 Å². The van der Waals surface area contributed by atoms with Gasteiger partial charge in [-0.25, -0.2) is 9.59 Å². The predicted octanol–water partition coefficient (Wildman–Crippen LogP) is 10.1. The Morgan fingerprint density at radius 2 is 0.786 bits per heavy atom. The Kier molecular flexibility index (Phi) is 37.6. The van der Waals surface area contributed by atoms with Gasteiger partial charge in [0.1, 0.15) is 12.2 Å². The number of cyclic esters (lactones) is 2. The SMILES string of the molecule is CO[C@H]1C[C@H](CC[C@H](C)[C@@H]2OC(=O)/C=C\C(C)=C\C[C@H](O)C[C@@H]3C=CC[C@@H](C[C@H](OC)[C@@H](C)[C@@H](O)C[C@@H](O)[C@H](C)[C@H](O)[C@@H](C)[C@H]([C@@H](C)CC[C@H]4C[C@H](OC)C[C@H](C)O4)OC(=O)/C=C/C(C)=C/C[C@H](O)C[C@@H]4C=CC[C@@H](C[C@H](OC)[C@@H](C)[C@@H](O)C[C@@H](O)[C@H](C)[C@H](O)[C@H]2C)O4)O3)O[C@@H](C)C1. The summed E-state index contributed by atoms with van der Waals surface area (Å²) in [6.07, 6.45) is 14.4. The van der Waals surface area contributed by atoms with Gasteiger partial charge in [0.25, 0.3) is 0 Å². The van der Waals surface area contributed by atoms with Crippen molar-refractivity contribution in [1.29, 1.82) is 0 Å². The molecule has 98 heavy (non-hydrogen) atoms. The van der Waals surface area contributed by atoms with Gasteiger partial charge < -0.3 is 88.2 Å². The second-order valence-electron chi connectivity index (χ2n) is 30.3. The van der Waals surface area contributed by atoms with E-state index in [4.69, 9.17) is 47.4 Å². The maximum atomic E-state index is 13.8. The Labute approximate surface area is 587 Å². The molecule has 2 saturated heterocycles. The third-order valence-electron chi connectivity index (χ3n) is 22.3. The Bertz CT molecular complexity index is 2320. The largest absolute Gasteiger partial charge is 0.459 e. The summed E-state index contributed by atoms with van der Waals surface area (Å²) >= 11 is 0. The molecule has 20 nitrogen and oxygen atoms in total. The first kappa shape index (κ1) is 85.4. The number of hydrogen-bond acceptors (Lipinski definition) is 20. The molecule has 4 bridgehead atoms. The Hall–Kier alpha value is -3.26. The van der Waals surface area contributed by atoms with Crippen LogP contribution in [0.4, 0.5) is 0 Å². The summed E-state index contributed by atoms with van der Waals surface area (Å²) in [4.78, 5) is 27.7. The second kappa shape index (κ2) is 43.1.